The number of hydrogen-bond donors (Lipinski definition) is 0. The first-order valence-electron chi connectivity index (χ1n) is 15.6. The summed E-state index contributed by atoms with van der Waals surface area (Å²) in [6.07, 6.45) is 0. The lowest BCUT2D eigenvalue weighted by Crippen LogP contribution is -2.03. The summed E-state index contributed by atoms with van der Waals surface area (Å²) in [5.74, 6) is 0.842. The van der Waals surface area contributed by atoms with Crippen molar-refractivity contribution in [1.29, 1.82) is 0 Å². The predicted molar refractivity (Wildman–Crippen MR) is 190 cm³/mol. The van der Waals surface area contributed by atoms with Gasteiger partial charge in [-0.25, -0.2) is 4.98 Å². The molecule has 0 bridgehead atoms. The zero-order valence-corrected chi connectivity index (χ0v) is 25.0. The van der Waals surface area contributed by atoms with Crippen LogP contribution in [0.15, 0.2) is 174 Å². The molecule has 0 saturated carbocycles. The Kier molecular flexibility index (Phi) is 6.14. The number of hydrogen-bond acceptors (Lipinski definition) is 2. The van der Waals surface area contributed by atoms with Crippen molar-refractivity contribution >= 4 is 33.0 Å². The summed E-state index contributed by atoms with van der Waals surface area (Å²) in [5, 5.41) is 2.17. The lowest BCUT2D eigenvalue weighted by Gasteiger charge is -2.19. The van der Waals surface area contributed by atoms with Crippen LogP contribution in [0.2, 0.25) is 0 Å². The Hall–Kier alpha value is -6.19. The molecule has 0 aliphatic rings. The van der Waals surface area contributed by atoms with E-state index in [-0.39, 0.29) is 0 Å². The Morgan fingerprint density at radius 1 is 0.435 bits per heavy atom. The Balaban J connectivity index is 1.36. The zero-order chi connectivity index (χ0) is 30.5. The molecule has 7 aromatic carbocycles. The van der Waals surface area contributed by atoms with Gasteiger partial charge in [0, 0.05) is 21.9 Å². The van der Waals surface area contributed by atoms with Crippen molar-refractivity contribution in [2.45, 2.75) is 0 Å². The van der Waals surface area contributed by atoms with Gasteiger partial charge in [0.05, 0.1) is 22.3 Å². The first-order chi connectivity index (χ1) is 22.8. The minimum absolute atomic E-state index is 0.831. The third-order valence-corrected chi connectivity index (χ3v) is 8.84. The highest BCUT2D eigenvalue weighted by atomic mass is 16.3. The quantitative estimate of drug-likeness (QED) is 0.200. The van der Waals surface area contributed by atoms with Gasteiger partial charge < -0.3 is 4.42 Å². The molecule has 0 aliphatic heterocycles. The maximum atomic E-state index is 6.76. The maximum Gasteiger partial charge on any atom is 0.149 e. The molecule has 0 fully saturated rings. The van der Waals surface area contributed by atoms with E-state index >= 15 is 0 Å². The molecule has 3 nitrogen and oxygen atoms in total. The maximum absolute atomic E-state index is 6.76. The summed E-state index contributed by atoms with van der Waals surface area (Å²) < 4.78 is 9.09. The van der Waals surface area contributed by atoms with Crippen molar-refractivity contribution in [1.82, 2.24) is 9.55 Å². The van der Waals surface area contributed by atoms with Crippen molar-refractivity contribution in [3.8, 4) is 50.5 Å². The Morgan fingerprint density at radius 3 is 1.72 bits per heavy atom. The first kappa shape index (κ1) is 26.2. The Morgan fingerprint density at radius 2 is 1.02 bits per heavy atom. The molecule has 9 aromatic rings. The molecule has 0 N–H and O–H groups in total. The van der Waals surface area contributed by atoms with Crippen LogP contribution >= 0.6 is 0 Å². The average molecular weight is 589 g/mol. The molecule has 0 unspecified atom stereocenters. The molecule has 216 valence electrons. The second-order valence-electron chi connectivity index (χ2n) is 11.6. The van der Waals surface area contributed by atoms with Gasteiger partial charge in [0.25, 0.3) is 0 Å². The predicted octanol–water partition coefficient (Wildman–Crippen LogP) is 11.6. The number of imidazole rings is 1. The fourth-order valence-corrected chi connectivity index (χ4v) is 6.70. The highest BCUT2D eigenvalue weighted by Crippen LogP contribution is 2.43. The first-order valence-corrected chi connectivity index (χ1v) is 15.6. The largest absolute Gasteiger partial charge is 0.455 e. The zero-order valence-electron chi connectivity index (χ0n) is 25.0. The molecular formula is C43H28N2O. The van der Waals surface area contributed by atoms with Crippen LogP contribution < -0.4 is 0 Å². The van der Waals surface area contributed by atoms with Gasteiger partial charge in [0.1, 0.15) is 17.0 Å². The van der Waals surface area contributed by atoms with Crippen LogP contribution in [0.25, 0.3) is 83.4 Å². The second-order valence-corrected chi connectivity index (χ2v) is 11.6. The van der Waals surface area contributed by atoms with E-state index in [0.29, 0.717) is 0 Å². The molecule has 2 aromatic heterocycles. The van der Waals surface area contributed by atoms with Crippen molar-refractivity contribution in [2.75, 3.05) is 0 Å². The number of nitrogens with zero attached hydrogens (tertiary/aromatic N) is 2. The standard InChI is InChI=1S/C43H28N2O/c1-4-14-29(15-5-1)32-26-27-35-36-22-13-23-37(42(36)46-40(35)28-32)43-44-38-24-10-11-25-39(38)45(43)41-33(30-16-6-2-7-17-30)20-12-21-34(41)31-18-8-3-9-19-31/h1-28H. The molecule has 0 saturated heterocycles. The minimum atomic E-state index is 0.831. The number of furan rings is 1. The van der Waals surface area contributed by atoms with Crippen LogP contribution in [0.1, 0.15) is 0 Å². The SMILES string of the molecule is c1ccc(-c2ccc3c(c2)oc2c(-c4nc5ccccc5n4-c4c(-c5ccccc5)cccc4-c4ccccc4)cccc23)cc1. The normalized spacial score (nSPS) is 11.5. The van der Waals surface area contributed by atoms with Gasteiger partial charge in [0.2, 0.25) is 0 Å². The molecule has 9 rings (SSSR count). The highest BCUT2D eigenvalue weighted by Gasteiger charge is 2.23. The minimum Gasteiger partial charge on any atom is -0.455 e. The van der Waals surface area contributed by atoms with Crippen LogP contribution in [0.5, 0.6) is 0 Å². The smallest absolute Gasteiger partial charge is 0.149 e. The van der Waals surface area contributed by atoms with Gasteiger partial charge in [-0.3, -0.25) is 4.57 Å². The number of benzene rings is 7. The topological polar surface area (TPSA) is 31.0 Å². The second kappa shape index (κ2) is 10.8. The lowest BCUT2D eigenvalue weighted by atomic mass is 9.95. The fraction of sp³-hybridized carbons (Fsp3) is 0. The molecule has 0 amide bonds. The molecule has 0 aliphatic carbocycles. The van der Waals surface area contributed by atoms with Crippen molar-refractivity contribution < 1.29 is 4.42 Å². The van der Waals surface area contributed by atoms with E-state index in [9.17, 15) is 0 Å². The van der Waals surface area contributed by atoms with E-state index in [4.69, 9.17) is 9.40 Å². The van der Waals surface area contributed by atoms with E-state index < -0.39 is 0 Å². The number of aromatic nitrogens is 2. The van der Waals surface area contributed by atoms with E-state index in [0.717, 1.165) is 83.4 Å². The molecule has 3 heteroatoms. The van der Waals surface area contributed by atoms with Gasteiger partial charge in [-0.1, -0.05) is 140 Å². The molecule has 2 heterocycles. The monoisotopic (exact) mass is 588 g/mol. The number of para-hydroxylation sites is 4. The third kappa shape index (κ3) is 4.25. The summed E-state index contributed by atoms with van der Waals surface area (Å²) in [7, 11) is 0. The number of rotatable bonds is 5. The molecule has 0 spiro atoms. The van der Waals surface area contributed by atoms with Crippen LogP contribution in [-0.4, -0.2) is 9.55 Å². The van der Waals surface area contributed by atoms with Gasteiger partial charge >= 0.3 is 0 Å². The van der Waals surface area contributed by atoms with E-state index in [1.165, 1.54) is 0 Å². The molecule has 46 heavy (non-hydrogen) atoms. The van der Waals surface area contributed by atoms with Gasteiger partial charge in [0.15, 0.2) is 0 Å². The fourth-order valence-electron chi connectivity index (χ4n) is 6.70. The molecule has 0 radical (unpaired) electrons. The van der Waals surface area contributed by atoms with Crippen LogP contribution in [-0.2, 0) is 0 Å². The molecular weight excluding hydrogens is 560 g/mol. The summed E-state index contributed by atoms with van der Waals surface area (Å²) in [4.78, 5) is 5.32. The van der Waals surface area contributed by atoms with E-state index in [1.807, 2.05) is 6.07 Å². The van der Waals surface area contributed by atoms with Crippen molar-refractivity contribution in [2.24, 2.45) is 0 Å². The van der Waals surface area contributed by atoms with Crippen molar-refractivity contribution in [3.05, 3.63) is 170 Å². The average Bonchev–Trinajstić information content (AvgIpc) is 3.71. The van der Waals surface area contributed by atoms with Crippen LogP contribution in [0.3, 0.4) is 0 Å². The summed E-state index contributed by atoms with van der Waals surface area (Å²) in [6.45, 7) is 0. The summed E-state index contributed by atoms with van der Waals surface area (Å²) >= 11 is 0. The Labute approximate surface area is 266 Å². The molecule has 0 atom stereocenters. The van der Waals surface area contributed by atoms with Crippen molar-refractivity contribution in [3.63, 3.8) is 0 Å². The summed E-state index contributed by atoms with van der Waals surface area (Å²) in [6, 6.07) is 59.5. The number of fused-ring (bicyclic) bond motifs is 4. The van der Waals surface area contributed by atoms with Crippen LogP contribution in [0.4, 0.5) is 0 Å². The van der Waals surface area contributed by atoms with Gasteiger partial charge in [-0.2, -0.15) is 0 Å². The summed E-state index contributed by atoms with van der Waals surface area (Å²) in [5.41, 5.74) is 12.6. The lowest BCUT2D eigenvalue weighted by molar-refractivity contribution is 0.669. The highest BCUT2D eigenvalue weighted by molar-refractivity contribution is 6.10. The Bertz CT molecular complexity index is 2450. The van der Waals surface area contributed by atoms with E-state index in [1.54, 1.807) is 0 Å². The van der Waals surface area contributed by atoms with Crippen LogP contribution in [0, 0.1) is 0 Å². The van der Waals surface area contributed by atoms with E-state index in [2.05, 4.69) is 168 Å². The van der Waals surface area contributed by atoms with Gasteiger partial charge in [-0.05, 0) is 52.6 Å². The third-order valence-electron chi connectivity index (χ3n) is 8.84. The van der Waals surface area contributed by atoms with Gasteiger partial charge in [-0.15, -0.1) is 0 Å².